The van der Waals surface area contributed by atoms with Crippen molar-refractivity contribution in [3.05, 3.63) is 71.0 Å². The van der Waals surface area contributed by atoms with Gasteiger partial charge in [-0.3, -0.25) is 4.79 Å². The summed E-state index contributed by atoms with van der Waals surface area (Å²) in [5.41, 5.74) is 1.46. The van der Waals surface area contributed by atoms with Gasteiger partial charge in [-0.1, -0.05) is 49.4 Å². The van der Waals surface area contributed by atoms with E-state index in [9.17, 15) is 18.0 Å². The van der Waals surface area contributed by atoms with Gasteiger partial charge in [0.25, 0.3) is 0 Å². The molecule has 2 rings (SSSR count). The summed E-state index contributed by atoms with van der Waals surface area (Å²) >= 11 is 0. The van der Waals surface area contributed by atoms with Crippen LogP contribution in [0.25, 0.3) is 0 Å². The lowest BCUT2D eigenvalue weighted by atomic mass is 9.95. The number of carbonyl (C=O) groups is 1. The first-order valence-corrected chi connectivity index (χ1v) is 7.89. The summed E-state index contributed by atoms with van der Waals surface area (Å²) < 4.78 is 38.7. The quantitative estimate of drug-likeness (QED) is 0.796. The standard InChI is InChI=1S/C19H20F3NO/c1-2-16(14-6-4-3-5-7-14)19(24)23-12-15-10-13(11-18(21)22)8-9-17(15)20/h3-10,16,18H,2,11-12H2,1H3,(H,23,24). The van der Waals surface area contributed by atoms with E-state index < -0.39 is 18.7 Å². The Kier molecular flexibility index (Phi) is 6.41. The zero-order valence-corrected chi connectivity index (χ0v) is 13.4. The van der Waals surface area contributed by atoms with E-state index >= 15 is 0 Å². The normalized spacial score (nSPS) is 12.2. The average Bonchev–Trinajstić information content (AvgIpc) is 2.56. The van der Waals surface area contributed by atoms with Crippen LogP contribution in [0.3, 0.4) is 0 Å². The second kappa shape index (κ2) is 8.52. The molecule has 0 aliphatic rings. The molecule has 0 aliphatic heterocycles. The molecular formula is C19H20F3NO. The lowest BCUT2D eigenvalue weighted by molar-refractivity contribution is -0.122. The third kappa shape index (κ3) is 4.85. The number of halogens is 3. The highest BCUT2D eigenvalue weighted by Crippen LogP contribution is 2.20. The summed E-state index contributed by atoms with van der Waals surface area (Å²) in [5.74, 6) is -1.04. The van der Waals surface area contributed by atoms with Crippen LogP contribution in [0, 0.1) is 5.82 Å². The lowest BCUT2D eigenvalue weighted by Gasteiger charge is -2.16. The van der Waals surface area contributed by atoms with Gasteiger partial charge in [-0.05, 0) is 23.6 Å². The number of carbonyl (C=O) groups excluding carboxylic acids is 1. The van der Waals surface area contributed by atoms with Crippen LogP contribution in [0.1, 0.15) is 36.0 Å². The molecule has 128 valence electrons. The Morgan fingerprint density at radius 1 is 1.12 bits per heavy atom. The fraction of sp³-hybridized carbons (Fsp3) is 0.316. The molecule has 2 nitrogen and oxygen atoms in total. The van der Waals surface area contributed by atoms with E-state index in [0.717, 1.165) is 11.6 Å². The van der Waals surface area contributed by atoms with E-state index in [2.05, 4.69) is 5.32 Å². The van der Waals surface area contributed by atoms with Crippen LogP contribution in [0.2, 0.25) is 0 Å². The van der Waals surface area contributed by atoms with Crippen molar-refractivity contribution in [2.75, 3.05) is 0 Å². The highest BCUT2D eigenvalue weighted by molar-refractivity contribution is 5.83. The summed E-state index contributed by atoms with van der Waals surface area (Å²) in [6, 6.07) is 13.2. The second-order valence-corrected chi connectivity index (χ2v) is 5.61. The summed E-state index contributed by atoms with van der Waals surface area (Å²) in [7, 11) is 0. The van der Waals surface area contributed by atoms with Crippen LogP contribution in [0.4, 0.5) is 13.2 Å². The highest BCUT2D eigenvalue weighted by Gasteiger charge is 2.18. The topological polar surface area (TPSA) is 29.1 Å². The molecule has 2 aromatic rings. The van der Waals surface area contributed by atoms with Gasteiger partial charge in [-0.2, -0.15) is 0 Å². The van der Waals surface area contributed by atoms with Crippen molar-refractivity contribution >= 4 is 5.91 Å². The van der Waals surface area contributed by atoms with E-state index in [-0.39, 0.29) is 23.9 Å². The summed E-state index contributed by atoms with van der Waals surface area (Å²) in [6.45, 7) is 1.88. The van der Waals surface area contributed by atoms with Crippen molar-refractivity contribution in [1.29, 1.82) is 0 Å². The number of nitrogens with one attached hydrogen (secondary N) is 1. The van der Waals surface area contributed by atoms with Crippen LogP contribution in [-0.4, -0.2) is 12.3 Å². The Bertz CT molecular complexity index is 674. The zero-order chi connectivity index (χ0) is 17.5. The van der Waals surface area contributed by atoms with E-state index in [1.807, 2.05) is 37.3 Å². The molecule has 24 heavy (non-hydrogen) atoms. The molecule has 0 saturated carbocycles. The molecular weight excluding hydrogens is 315 g/mol. The Morgan fingerprint density at radius 3 is 2.46 bits per heavy atom. The highest BCUT2D eigenvalue weighted by atomic mass is 19.3. The Hall–Kier alpha value is -2.30. The van der Waals surface area contributed by atoms with E-state index in [1.54, 1.807) is 0 Å². The first-order chi connectivity index (χ1) is 11.5. The van der Waals surface area contributed by atoms with Crippen molar-refractivity contribution in [3.63, 3.8) is 0 Å². The number of rotatable bonds is 7. The molecule has 0 fully saturated rings. The molecule has 0 aromatic heterocycles. The fourth-order valence-corrected chi connectivity index (χ4v) is 2.63. The number of hydrogen-bond donors (Lipinski definition) is 1. The lowest BCUT2D eigenvalue weighted by Crippen LogP contribution is -2.29. The van der Waals surface area contributed by atoms with Crippen LogP contribution >= 0.6 is 0 Å². The van der Waals surface area contributed by atoms with Gasteiger partial charge in [0.15, 0.2) is 0 Å². The van der Waals surface area contributed by atoms with Crippen molar-refractivity contribution < 1.29 is 18.0 Å². The maximum absolute atomic E-state index is 13.8. The Balaban J connectivity index is 2.05. The molecule has 1 amide bonds. The molecule has 1 unspecified atom stereocenters. The summed E-state index contributed by atoms with van der Waals surface area (Å²) in [5, 5.41) is 2.70. The predicted molar refractivity (Wildman–Crippen MR) is 87.4 cm³/mol. The largest absolute Gasteiger partial charge is 0.351 e. The van der Waals surface area contributed by atoms with Crippen molar-refractivity contribution in [3.8, 4) is 0 Å². The molecule has 1 atom stereocenters. The summed E-state index contributed by atoms with van der Waals surface area (Å²) in [6.07, 6.45) is -2.30. The third-order valence-corrected chi connectivity index (χ3v) is 3.88. The zero-order valence-electron chi connectivity index (χ0n) is 13.4. The van der Waals surface area contributed by atoms with Gasteiger partial charge in [-0.15, -0.1) is 0 Å². The van der Waals surface area contributed by atoms with Crippen molar-refractivity contribution in [2.24, 2.45) is 0 Å². The minimum atomic E-state index is -2.49. The van der Waals surface area contributed by atoms with Crippen molar-refractivity contribution in [2.45, 2.75) is 38.7 Å². The summed E-state index contributed by atoms with van der Waals surface area (Å²) in [4.78, 5) is 12.4. The molecule has 1 N–H and O–H groups in total. The maximum Gasteiger partial charge on any atom is 0.242 e. The van der Waals surface area contributed by atoms with Crippen LogP contribution < -0.4 is 5.32 Å². The molecule has 0 radical (unpaired) electrons. The molecule has 5 heteroatoms. The Labute approximate surface area is 139 Å². The first-order valence-electron chi connectivity index (χ1n) is 7.89. The number of alkyl halides is 2. The van der Waals surface area contributed by atoms with Crippen LogP contribution in [0.15, 0.2) is 48.5 Å². The van der Waals surface area contributed by atoms with Gasteiger partial charge >= 0.3 is 0 Å². The average molecular weight is 335 g/mol. The minimum absolute atomic E-state index is 0.0227. The SMILES string of the molecule is CCC(C(=O)NCc1cc(CC(F)F)ccc1F)c1ccccc1. The van der Waals surface area contributed by atoms with Gasteiger partial charge in [0, 0.05) is 18.5 Å². The van der Waals surface area contributed by atoms with E-state index in [4.69, 9.17) is 0 Å². The Morgan fingerprint density at radius 2 is 1.83 bits per heavy atom. The van der Waals surface area contributed by atoms with Crippen LogP contribution in [-0.2, 0) is 17.8 Å². The number of amides is 1. The maximum atomic E-state index is 13.8. The number of benzene rings is 2. The first kappa shape index (κ1) is 18.0. The van der Waals surface area contributed by atoms with Crippen LogP contribution in [0.5, 0.6) is 0 Å². The molecule has 0 aliphatic carbocycles. The smallest absolute Gasteiger partial charge is 0.242 e. The molecule has 0 heterocycles. The molecule has 0 saturated heterocycles. The van der Waals surface area contributed by atoms with Gasteiger partial charge < -0.3 is 5.32 Å². The van der Waals surface area contributed by atoms with Gasteiger partial charge in [0.1, 0.15) is 5.82 Å². The predicted octanol–water partition coefficient (Wildman–Crippen LogP) is 4.44. The second-order valence-electron chi connectivity index (χ2n) is 5.61. The van der Waals surface area contributed by atoms with E-state index in [0.29, 0.717) is 12.0 Å². The fourth-order valence-electron chi connectivity index (χ4n) is 2.63. The van der Waals surface area contributed by atoms with Crippen molar-refractivity contribution in [1.82, 2.24) is 5.32 Å². The van der Waals surface area contributed by atoms with Gasteiger partial charge in [-0.25, -0.2) is 13.2 Å². The monoisotopic (exact) mass is 335 g/mol. The third-order valence-electron chi connectivity index (χ3n) is 3.88. The van der Waals surface area contributed by atoms with Gasteiger partial charge in [0.05, 0.1) is 5.92 Å². The number of hydrogen-bond acceptors (Lipinski definition) is 1. The molecule has 0 spiro atoms. The molecule has 0 bridgehead atoms. The molecule has 2 aromatic carbocycles. The van der Waals surface area contributed by atoms with Gasteiger partial charge in [0.2, 0.25) is 12.3 Å². The van der Waals surface area contributed by atoms with E-state index in [1.165, 1.54) is 12.1 Å². The minimum Gasteiger partial charge on any atom is -0.351 e.